The molecule has 1 rings (SSSR count). The molecular weight excluding hydrogens is 208 g/mol. The van der Waals surface area contributed by atoms with Gasteiger partial charge in [-0.05, 0) is 24.3 Å². The van der Waals surface area contributed by atoms with Crippen LogP contribution in [-0.2, 0) is 0 Å². The van der Waals surface area contributed by atoms with Gasteiger partial charge >= 0.3 is 0 Å². The van der Waals surface area contributed by atoms with E-state index in [9.17, 15) is 0 Å². The van der Waals surface area contributed by atoms with Crippen LogP contribution < -0.4 is 5.73 Å². The first-order valence-electron chi connectivity index (χ1n) is 4.54. The maximum atomic E-state index is 8.64. The molecule has 0 aliphatic rings. The predicted octanol–water partition coefficient (Wildman–Crippen LogP) is 1.76. The zero-order valence-electron chi connectivity index (χ0n) is 8.23. The molecule has 0 atom stereocenters. The van der Waals surface area contributed by atoms with Gasteiger partial charge in [-0.1, -0.05) is 0 Å². The highest BCUT2D eigenvalue weighted by Crippen LogP contribution is 2.18. The van der Waals surface area contributed by atoms with Gasteiger partial charge in [0.2, 0.25) is 0 Å². The Labute approximate surface area is 93.0 Å². The Balaban J connectivity index is 2.38. The van der Waals surface area contributed by atoms with Gasteiger partial charge in [0.1, 0.15) is 11.8 Å². The topological polar surface area (TPSA) is 86.5 Å². The first-order chi connectivity index (χ1) is 7.22. The molecule has 78 valence electrons. The van der Waals surface area contributed by atoms with Crippen molar-refractivity contribution in [3.63, 3.8) is 0 Å². The van der Waals surface area contributed by atoms with Crippen LogP contribution >= 0.6 is 11.8 Å². The van der Waals surface area contributed by atoms with Crippen molar-refractivity contribution in [1.29, 1.82) is 10.7 Å². The minimum Gasteiger partial charge on any atom is -0.388 e. The van der Waals surface area contributed by atoms with Gasteiger partial charge in [0.25, 0.3) is 0 Å². The molecule has 1 aromatic rings. The summed E-state index contributed by atoms with van der Waals surface area (Å²) in [6.07, 6.45) is 3.14. The van der Waals surface area contributed by atoms with Crippen LogP contribution in [0.5, 0.6) is 0 Å². The van der Waals surface area contributed by atoms with E-state index in [-0.39, 0.29) is 5.84 Å². The van der Waals surface area contributed by atoms with Gasteiger partial charge in [-0.3, -0.25) is 5.41 Å². The molecule has 0 aromatic carbocycles. The Bertz CT molecular complexity index is 383. The molecule has 1 heterocycles. The number of thioether (sulfide) groups is 1. The highest BCUT2D eigenvalue weighted by molar-refractivity contribution is 7.99. The summed E-state index contributed by atoms with van der Waals surface area (Å²) >= 11 is 1.65. The van der Waals surface area contributed by atoms with Crippen molar-refractivity contribution >= 4 is 17.6 Å². The quantitative estimate of drug-likeness (QED) is 0.342. The summed E-state index contributed by atoms with van der Waals surface area (Å²) in [5, 5.41) is 15.7. The molecular formula is C10H12N4S. The number of hydrogen-bond acceptors (Lipinski definition) is 4. The average molecular weight is 220 g/mol. The van der Waals surface area contributed by atoms with Gasteiger partial charge in [0.05, 0.1) is 5.84 Å². The van der Waals surface area contributed by atoms with Gasteiger partial charge < -0.3 is 5.73 Å². The first kappa shape index (κ1) is 11.5. The van der Waals surface area contributed by atoms with E-state index in [1.54, 1.807) is 24.0 Å². The summed E-state index contributed by atoms with van der Waals surface area (Å²) in [5.41, 5.74) is 5.68. The summed E-state index contributed by atoms with van der Waals surface area (Å²) in [4.78, 5) is 4.92. The number of nitrogens with one attached hydrogen (secondary N) is 1. The Morgan fingerprint density at radius 3 is 3.13 bits per heavy atom. The van der Waals surface area contributed by atoms with Crippen molar-refractivity contribution in [2.24, 2.45) is 5.73 Å². The molecule has 0 amide bonds. The second kappa shape index (κ2) is 6.04. The van der Waals surface area contributed by atoms with Crippen molar-refractivity contribution in [3.8, 4) is 6.07 Å². The van der Waals surface area contributed by atoms with Crippen LogP contribution in [0.2, 0.25) is 0 Å². The normalized spacial score (nSPS) is 9.53. The second-order valence-corrected chi connectivity index (χ2v) is 4.13. The van der Waals surface area contributed by atoms with E-state index in [4.69, 9.17) is 16.4 Å². The molecule has 0 bridgehead atoms. The zero-order valence-corrected chi connectivity index (χ0v) is 9.05. The van der Waals surface area contributed by atoms with E-state index in [0.717, 1.165) is 17.1 Å². The number of rotatable bonds is 5. The van der Waals surface area contributed by atoms with Gasteiger partial charge in [-0.2, -0.15) is 5.26 Å². The SMILES string of the molecule is N#Cc1cc(SCCCC(=N)N)ccn1. The molecule has 15 heavy (non-hydrogen) atoms. The van der Waals surface area contributed by atoms with E-state index in [1.807, 2.05) is 12.1 Å². The van der Waals surface area contributed by atoms with Gasteiger partial charge in [0, 0.05) is 17.5 Å². The maximum Gasteiger partial charge on any atom is 0.141 e. The molecule has 0 radical (unpaired) electrons. The molecule has 1 aromatic heterocycles. The molecule has 0 saturated carbocycles. The average Bonchev–Trinajstić information content (AvgIpc) is 2.24. The van der Waals surface area contributed by atoms with Crippen LogP contribution in [0.3, 0.4) is 0 Å². The summed E-state index contributed by atoms with van der Waals surface area (Å²) in [5.74, 6) is 1.12. The molecule has 3 N–H and O–H groups in total. The Hall–Kier alpha value is -1.54. The molecule has 5 heteroatoms. The number of aromatic nitrogens is 1. The number of nitriles is 1. The van der Waals surface area contributed by atoms with Crippen LogP contribution in [0.15, 0.2) is 23.2 Å². The third-order valence-electron chi connectivity index (χ3n) is 1.71. The largest absolute Gasteiger partial charge is 0.388 e. The van der Waals surface area contributed by atoms with Gasteiger partial charge in [0.15, 0.2) is 0 Å². The third kappa shape index (κ3) is 4.47. The molecule has 0 unspecified atom stereocenters. The fraction of sp³-hybridized carbons (Fsp3) is 0.300. The minimum atomic E-state index is 0.225. The molecule has 0 fully saturated rings. The number of nitrogens with two attached hydrogens (primary N) is 1. The summed E-state index contributed by atoms with van der Waals surface area (Å²) < 4.78 is 0. The van der Waals surface area contributed by atoms with Crippen molar-refractivity contribution in [3.05, 3.63) is 24.0 Å². The Morgan fingerprint density at radius 1 is 1.67 bits per heavy atom. The standard InChI is InChI=1S/C10H12N4S/c11-7-8-6-9(3-4-14-8)15-5-1-2-10(12)13/h3-4,6H,1-2,5H2,(H3,12,13). The van der Waals surface area contributed by atoms with Crippen molar-refractivity contribution in [1.82, 2.24) is 4.98 Å². The lowest BCUT2D eigenvalue weighted by Crippen LogP contribution is -2.08. The number of nitrogens with zero attached hydrogens (tertiary/aromatic N) is 2. The fourth-order valence-corrected chi connectivity index (χ4v) is 1.89. The number of pyridine rings is 1. The van der Waals surface area contributed by atoms with E-state index in [2.05, 4.69) is 4.98 Å². The molecule has 0 aliphatic carbocycles. The Morgan fingerprint density at radius 2 is 2.47 bits per heavy atom. The van der Waals surface area contributed by atoms with Crippen LogP contribution in [0.25, 0.3) is 0 Å². The van der Waals surface area contributed by atoms with Gasteiger partial charge in [-0.25, -0.2) is 4.98 Å². The van der Waals surface area contributed by atoms with Gasteiger partial charge in [-0.15, -0.1) is 11.8 Å². The van der Waals surface area contributed by atoms with Crippen LogP contribution in [-0.4, -0.2) is 16.6 Å². The van der Waals surface area contributed by atoms with E-state index in [0.29, 0.717) is 12.1 Å². The summed E-state index contributed by atoms with van der Waals surface area (Å²) in [7, 11) is 0. The lowest BCUT2D eigenvalue weighted by atomic mass is 10.3. The monoisotopic (exact) mass is 220 g/mol. The highest BCUT2D eigenvalue weighted by atomic mass is 32.2. The van der Waals surface area contributed by atoms with Crippen molar-refractivity contribution < 1.29 is 0 Å². The lowest BCUT2D eigenvalue weighted by Gasteiger charge is -2.00. The molecule has 4 nitrogen and oxygen atoms in total. The van der Waals surface area contributed by atoms with E-state index < -0.39 is 0 Å². The fourth-order valence-electron chi connectivity index (χ4n) is 1.01. The number of amidine groups is 1. The summed E-state index contributed by atoms with van der Waals surface area (Å²) in [6.45, 7) is 0. The predicted molar refractivity (Wildman–Crippen MR) is 60.8 cm³/mol. The highest BCUT2D eigenvalue weighted by Gasteiger charge is 1.97. The van der Waals surface area contributed by atoms with Crippen molar-refractivity contribution in [2.75, 3.05) is 5.75 Å². The van der Waals surface area contributed by atoms with Crippen LogP contribution in [0.4, 0.5) is 0 Å². The third-order valence-corrected chi connectivity index (χ3v) is 2.79. The zero-order chi connectivity index (χ0) is 11.1. The van der Waals surface area contributed by atoms with E-state index in [1.165, 1.54) is 0 Å². The maximum absolute atomic E-state index is 8.64. The molecule has 0 saturated heterocycles. The van der Waals surface area contributed by atoms with Crippen LogP contribution in [0, 0.1) is 16.7 Å². The smallest absolute Gasteiger partial charge is 0.141 e. The summed E-state index contributed by atoms with van der Waals surface area (Å²) in [6, 6.07) is 5.63. The van der Waals surface area contributed by atoms with E-state index >= 15 is 0 Å². The molecule has 0 spiro atoms. The Kier molecular flexibility index (Phi) is 4.64. The van der Waals surface area contributed by atoms with Crippen molar-refractivity contribution in [2.45, 2.75) is 17.7 Å². The number of hydrogen-bond donors (Lipinski definition) is 2. The van der Waals surface area contributed by atoms with Crippen LogP contribution in [0.1, 0.15) is 18.5 Å². The minimum absolute atomic E-state index is 0.225. The lowest BCUT2D eigenvalue weighted by molar-refractivity contribution is 0.988. The second-order valence-electron chi connectivity index (χ2n) is 2.97. The first-order valence-corrected chi connectivity index (χ1v) is 5.53. The molecule has 0 aliphatic heterocycles.